The van der Waals surface area contributed by atoms with E-state index in [9.17, 15) is 4.39 Å². The smallest absolute Gasteiger partial charge is 0.146 e. The Kier molecular flexibility index (Phi) is 4.14. The molecule has 1 unspecified atom stereocenters. The van der Waals surface area contributed by atoms with Crippen molar-refractivity contribution in [3.8, 4) is 0 Å². The number of nitrogens with one attached hydrogen (secondary N) is 1. The summed E-state index contributed by atoms with van der Waals surface area (Å²) in [5.41, 5.74) is 2.15. The Morgan fingerprint density at radius 3 is 2.42 bits per heavy atom. The van der Waals surface area contributed by atoms with Crippen molar-refractivity contribution in [2.24, 2.45) is 5.41 Å². The third-order valence-corrected chi connectivity index (χ3v) is 4.36. The van der Waals surface area contributed by atoms with Crippen molar-refractivity contribution < 1.29 is 4.39 Å². The molecule has 1 fully saturated rings. The lowest BCUT2D eigenvalue weighted by molar-refractivity contribution is 0.279. The number of anilines is 1. The van der Waals surface area contributed by atoms with E-state index in [0.29, 0.717) is 5.41 Å². The first kappa shape index (κ1) is 14.3. The lowest BCUT2D eigenvalue weighted by Crippen LogP contribution is -2.37. The SMILES string of the molecule is CNC(C)c1ccc(N2CCC(C)(C)CC2)c(F)c1. The summed E-state index contributed by atoms with van der Waals surface area (Å²) in [7, 11) is 1.89. The molecule has 1 aliphatic heterocycles. The summed E-state index contributed by atoms with van der Waals surface area (Å²) in [5, 5.41) is 3.14. The summed E-state index contributed by atoms with van der Waals surface area (Å²) in [6.45, 7) is 8.52. The van der Waals surface area contributed by atoms with E-state index in [1.807, 2.05) is 26.1 Å². The van der Waals surface area contributed by atoms with E-state index in [-0.39, 0.29) is 11.9 Å². The molecule has 1 N–H and O–H groups in total. The van der Waals surface area contributed by atoms with Gasteiger partial charge in [0.1, 0.15) is 5.82 Å². The normalized spacial score (nSPS) is 20.4. The van der Waals surface area contributed by atoms with Gasteiger partial charge in [0.05, 0.1) is 5.69 Å². The zero-order valence-corrected chi connectivity index (χ0v) is 12.5. The fourth-order valence-corrected chi connectivity index (χ4v) is 2.57. The zero-order valence-electron chi connectivity index (χ0n) is 12.5. The second-order valence-corrected chi connectivity index (χ2v) is 6.37. The largest absolute Gasteiger partial charge is 0.369 e. The molecule has 1 saturated heterocycles. The van der Waals surface area contributed by atoms with Crippen LogP contribution in [0.1, 0.15) is 45.2 Å². The van der Waals surface area contributed by atoms with Crippen LogP contribution in [0.2, 0.25) is 0 Å². The van der Waals surface area contributed by atoms with Gasteiger partial charge in [-0.3, -0.25) is 0 Å². The number of rotatable bonds is 3. The van der Waals surface area contributed by atoms with Crippen LogP contribution in [0.3, 0.4) is 0 Å². The third kappa shape index (κ3) is 3.27. The van der Waals surface area contributed by atoms with Crippen molar-refractivity contribution in [1.82, 2.24) is 5.32 Å². The van der Waals surface area contributed by atoms with Gasteiger partial charge >= 0.3 is 0 Å². The first-order valence-corrected chi connectivity index (χ1v) is 7.14. The number of hydrogen-bond donors (Lipinski definition) is 1. The van der Waals surface area contributed by atoms with Gasteiger partial charge in [0, 0.05) is 19.1 Å². The summed E-state index contributed by atoms with van der Waals surface area (Å²) in [6.07, 6.45) is 2.25. The summed E-state index contributed by atoms with van der Waals surface area (Å²) in [6, 6.07) is 5.80. The van der Waals surface area contributed by atoms with E-state index >= 15 is 0 Å². The van der Waals surface area contributed by atoms with Gasteiger partial charge in [0.2, 0.25) is 0 Å². The molecule has 0 radical (unpaired) electrons. The minimum atomic E-state index is -0.0979. The van der Waals surface area contributed by atoms with Crippen LogP contribution in [0.5, 0.6) is 0 Å². The van der Waals surface area contributed by atoms with E-state index < -0.39 is 0 Å². The summed E-state index contributed by atoms with van der Waals surface area (Å²) in [5.74, 6) is -0.0979. The fraction of sp³-hybridized carbons (Fsp3) is 0.625. The molecule has 0 bridgehead atoms. The van der Waals surface area contributed by atoms with Gasteiger partial charge in [-0.25, -0.2) is 4.39 Å². The van der Waals surface area contributed by atoms with Crippen LogP contribution in [0, 0.1) is 11.2 Å². The van der Waals surface area contributed by atoms with Gasteiger partial charge in [-0.15, -0.1) is 0 Å². The van der Waals surface area contributed by atoms with Crippen LogP contribution in [0.25, 0.3) is 0 Å². The molecular weight excluding hydrogens is 239 g/mol. The minimum Gasteiger partial charge on any atom is -0.369 e. The van der Waals surface area contributed by atoms with Gasteiger partial charge in [0.15, 0.2) is 0 Å². The number of piperidine rings is 1. The number of hydrogen-bond acceptors (Lipinski definition) is 2. The van der Waals surface area contributed by atoms with Crippen LogP contribution >= 0.6 is 0 Å². The molecule has 0 saturated carbocycles. The van der Waals surface area contributed by atoms with E-state index in [0.717, 1.165) is 37.2 Å². The van der Waals surface area contributed by atoms with Crippen LogP contribution < -0.4 is 10.2 Å². The Morgan fingerprint density at radius 1 is 1.26 bits per heavy atom. The Bertz CT molecular complexity index is 432. The molecule has 2 rings (SSSR count). The molecule has 106 valence electrons. The van der Waals surface area contributed by atoms with Gasteiger partial charge in [-0.2, -0.15) is 0 Å². The second kappa shape index (κ2) is 5.49. The Hall–Kier alpha value is -1.09. The monoisotopic (exact) mass is 264 g/mol. The molecule has 19 heavy (non-hydrogen) atoms. The quantitative estimate of drug-likeness (QED) is 0.895. The predicted octanol–water partition coefficient (Wildman–Crippen LogP) is 3.73. The average Bonchev–Trinajstić information content (AvgIpc) is 2.38. The maximum atomic E-state index is 14.3. The van der Waals surface area contributed by atoms with Crippen molar-refractivity contribution in [1.29, 1.82) is 0 Å². The van der Waals surface area contributed by atoms with Gasteiger partial charge in [-0.1, -0.05) is 19.9 Å². The highest BCUT2D eigenvalue weighted by atomic mass is 19.1. The number of nitrogens with zero attached hydrogens (tertiary/aromatic N) is 1. The van der Waals surface area contributed by atoms with Gasteiger partial charge in [-0.05, 0) is 49.9 Å². The topological polar surface area (TPSA) is 15.3 Å². The molecule has 1 aromatic carbocycles. The lowest BCUT2D eigenvalue weighted by Gasteiger charge is -2.38. The molecule has 0 aliphatic carbocycles. The molecule has 1 atom stereocenters. The van der Waals surface area contributed by atoms with E-state index in [2.05, 4.69) is 24.1 Å². The van der Waals surface area contributed by atoms with Crippen LogP contribution in [-0.2, 0) is 0 Å². The molecular formula is C16H25FN2. The van der Waals surface area contributed by atoms with Gasteiger partial charge < -0.3 is 10.2 Å². The van der Waals surface area contributed by atoms with Crippen LogP contribution in [-0.4, -0.2) is 20.1 Å². The highest BCUT2D eigenvalue weighted by Crippen LogP contribution is 2.33. The Balaban J connectivity index is 2.14. The molecule has 1 aliphatic rings. The highest BCUT2D eigenvalue weighted by molar-refractivity contribution is 5.50. The van der Waals surface area contributed by atoms with Crippen molar-refractivity contribution in [2.75, 3.05) is 25.0 Å². The molecule has 0 amide bonds. The fourth-order valence-electron chi connectivity index (χ4n) is 2.57. The molecule has 0 aromatic heterocycles. The van der Waals surface area contributed by atoms with Gasteiger partial charge in [0.25, 0.3) is 0 Å². The summed E-state index contributed by atoms with van der Waals surface area (Å²) >= 11 is 0. The minimum absolute atomic E-state index is 0.0979. The molecule has 1 heterocycles. The summed E-state index contributed by atoms with van der Waals surface area (Å²) in [4.78, 5) is 2.18. The predicted molar refractivity (Wildman–Crippen MR) is 79.1 cm³/mol. The molecule has 0 spiro atoms. The first-order chi connectivity index (χ1) is 8.93. The van der Waals surface area contributed by atoms with E-state index in [1.54, 1.807) is 6.07 Å². The van der Waals surface area contributed by atoms with E-state index in [1.165, 1.54) is 0 Å². The van der Waals surface area contributed by atoms with Crippen molar-refractivity contribution >= 4 is 5.69 Å². The molecule has 2 nitrogen and oxygen atoms in total. The molecule has 1 aromatic rings. The second-order valence-electron chi connectivity index (χ2n) is 6.37. The third-order valence-electron chi connectivity index (χ3n) is 4.36. The first-order valence-electron chi connectivity index (χ1n) is 7.14. The van der Waals surface area contributed by atoms with Crippen LogP contribution in [0.15, 0.2) is 18.2 Å². The van der Waals surface area contributed by atoms with Crippen LogP contribution in [0.4, 0.5) is 10.1 Å². The maximum Gasteiger partial charge on any atom is 0.146 e. The number of halogens is 1. The highest BCUT2D eigenvalue weighted by Gasteiger charge is 2.26. The average molecular weight is 264 g/mol. The Labute approximate surface area is 116 Å². The van der Waals surface area contributed by atoms with E-state index in [4.69, 9.17) is 0 Å². The standard InChI is InChI=1S/C16H25FN2/c1-12(18-4)13-5-6-15(14(17)11-13)19-9-7-16(2,3)8-10-19/h5-6,11-12,18H,7-10H2,1-4H3. The summed E-state index contributed by atoms with van der Waals surface area (Å²) < 4.78 is 14.3. The number of benzene rings is 1. The lowest BCUT2D eigenvalue weighted by atomic mass is 9.82. The molecule has 3 heteroatoms. The Morgan fingerprint density at radius 2 is 1.89 bits per heavy atom. The zero-order chi connectivity index (χ0) is 14.0. The van der Waals surface area contributed by atoms with Crippen molar-refractivity contribution in [2.45, 2.75) is 39.7 Å². The van der Waals surface area contributed by atoms with Crippen molar-refractivity contribution in [3.63, 3.8) is 0 Å². The maximum absolute atomic E-state index is 14.3. The van der Waals surface area contributed by atoms with Crippen molar-refractivity contribution in [3.05, 3.63) is 29.6 Å².